The van der Waals surface area contributed by atoms with Crippen LogP contribution < -0.4 is 25.0 Å². The van der Waals surface area contributed by atoms with Crippen LogP contribution in [0.25, 0.3) is 10.9 Å². The maximum absolute atomic E-state index is 13.8. The molecule has 226 valence electrons. The predicted octanol–water partition coefficient (Wildman–Crippen LogP) is 4.64. The summed E-state index contributed by atoms with van der Waals surface area (Å²) in [6.45, 7) is 0. The van der Waals surface area contributed by atoms with Gasteiger partial charge in [-0.2, -0.15) is 0 Å². The van der Waals surface area contributed by atoms with E-state index in [4.69, 9.17) is 14.2 Å². The smallest absolute Gasteiger partial charge is 0.244 e. The number of aromatic amines is 1. The minimum Gasteiger partial charge on any atom is -0.493 e. The highest BCUT2D eigenvalue weighted by Crippen LogP contribution is 2.38. The lowest BCUT2D eigenvalue weighted by Crippen LogP contribution is -2.45. The first-order chi connectivity index (χ1) is 20.9. The highest BCUT2D eigenvalue weighted by molar-refractivity contribution is 6.11. The van der Waals surface area contributed by atoms with Gasteiger partial charge < -0.3 is 24.5 Å². The zero-order chi connectivity index (χ0) is 30.8. The Hall–Kier alpha value is -4.83. The molecule has 0 fully saturated rings. The summed E-state index contributed by atoms with van der Waals surface area (Å²) in [6.07, 6.45) is 3.12. The molecule has 0 aliphatic heterocycles. The Bertz CT molecular complexity index is 1530. The number of H-pyrrole nitrogens is 1. The van der Waals surface area contributed by atoms with E-state index >= 15 is 0 Å². The van der Waals surface area contributed by atoms with Gasteiger partial charge in [0, 0.05) is 41.4 Å². The van der Waals surface area contributed by atoms with E-state index in [2.05, 4.69) is 10.3 Å². The van der Waals surface area contributed by atoms with E-state index in [0.29, 0.717) is 42.1 Å². The number of hydrogen-bond acceptors (Lipinski definition) is 7. The first-order valence-electron chi connectivity index (χ1n) is 14.0. The third-order valence-corrected chi connectivity index (χ3v) is 7.44. The fraction of sp³-hybridized carbons (Fsp3) is 0.303. The van der Waals surface area contributed by atoms with Crippen molar-refractivity contribution in [1.82, 2.24) is 15.8 Å². The Labute approximate surface area is 250 Å². The number of methoxy groups -OCH3 is 3. The minimum absolute atomic E-state index is 0.238. The Morgan fingerprint density at radius 3 is 2.21 bits per heavy atom. The molecule has 0 saturated heterocycles. The normalized spacial score (nSPS) is 12.3. The second-order valence-corrected chi connectivity index (χ2v) is 10.2. The van der Waals surface area contributed by atoms with Gasteiger partial charge >= 0.3 is 0 Å². The van der Waals surface area contributed by atoms with E-state index in [0.717, 1.165) is 22.0 Å². The van der Waals surface area contributed by atoms with Crippen LogP contribution in [0.2, 0.25) is 0 Å². The second-order valence-electron chi connectivity index (χ2n) is 10.2. The quantitative estimate of drug-likeness (QED) is 0.0903. The molecule has 4 N–H and O–H groups in total. The molecule has 1 aromatic heterocycles. The number of para-hydroxylation sites is 1. The average molecular weight is 588 g/mol. The number of ether oxygens (including phenoxy) is 3. The summed E-state index contributed by atoms with van der Waals surface area (Å²) in [6, 6.07) is 19.7. The van der Waals surface area contributed by atoms with Crippen molar-refractivity contribution in [3.05, 3.63) is 89.6 Å². The number of hydrogen-bond donors (Lipinski definition) is 4. The van der Waals surface area contributed by atoms with E-state index in [-0.39, 0.29) is 18.6 Å². The van der Waals surface area contributed by atoms with Crippen molar-refractivity contribution >= 4 is 28.5 Å². The minimum atomic E-state index is -0.871. The van der Waals surface area contributed by atoms with Gasteiger partial charge in [0.05, 0.1) is 27.4 Å². The topological polar surface area (TPSA) is 139 Å². The van der Waals surface area contributed by atoms with Crippen LogP contribution in [0, 0.1) is 5.92 Å². The molecule has 0 unspecified atom stereocenters. The number of aromatic nitrogens is 1. The van der Waals surface area contributed by atoms with Gasteiger partial charge in [0.15, 0.2) is 17.3 Å². The summed E-state index contributed by atoms with van der Waals surface area (Å²) in [5.74, 6) is -0.635. The van der Waals surface area contributed by atoms with E-state index < -0.39 is 23.8 Å². The molecule has 0 aliphatic carbocycles. The van der Waals surface area contributed by atoms with Crippen LogP contribution in [0.3, 0.4) is 0 Å². The van der Waals surface area contributed by atoms with Crippen molar-refractivity contribution in [2.45, 2.75) is 38.1 Å². The average Bonchev–Trinajstić information content (AvgIpc) is 3.47. The molecule has 2 atom stereocenters. The number of amides is 2. The highest BCUT2D eigenvalue weighted by Gasteiger charge is 2.29. The van der Waals surface area contributed by atoms with E-state index in [1.165, 1.54) is 7.11 Å². The maximum atomic E-state index is 13.8. The summed E-state index contributed by atoms with van der Waals surface area (Å²) < 4.78 is 16.3. The van der Waals surface area contributed by atoms with Crippen LogP contribution in [0.1, 0.15) is 40.7 Å². The molecule has 0 aliphatic rings. The van der Waals surface area contributed by atoms with Gasteiger partial charge in [-0.1, -0.05) is 48.5 Å². The molecule has 4 rings (SSSR count). The Kier molecular flexibility index (Phi) is 10.8. The van der Waals surface area contributed by atoms with Crippen molar-refractivity contribution in [3.8, 4) is 17.2 Å². The molecule has 4 aromatic rings. The van der Waals surface area contributed by atoms with E-state index in [1.54, 1.807) is 25.9 Å². The number of ketones is 1. The Morgan fingerprint density at radius 1 is 0.884 bits per heavy atom. The van der Waals surface area contributed by atoms with Gasteiger partial charge in [-0.05, 0) is 48.6 Å². The summed E-state index contributed by atoms with van der Waals surface area (Å²) in [5.41, 5.74) is 4.70. The lowest BCUT2D eigenvalue weighted by atomic mass is 9.93. The van der Waals surface area contributed by atoms with Crippen molar-refractivity contribution in [3.63, 3.8) is 0 Å². The number of fused-ring (bicyclic) bond motifs is 1. The van der Waals surface area contributed by atoms with Crippen molar-refractivity contribution in [2.24, 2.45) is 5.92 Å². The van der Waals surface area contributed by atoms with Gasteiger partial charge in [0.1, 0.15) is 0 Å². The van der Waals surface area contributed by atoms with E-state index in [1.807, 2.05) is 66.7 Å². The number of hydroxylamine groups is 1. The van der Waals surface area contributed by atoms with E-state index in [9.17, 15) is 19.6 Å². The van der Waals surface area contributed by atoms with Crippen LogP contribution in [-0.2, 0) is 22.4 Å². The molecule has 0 radical (unpaired) electrons. The first-order valence-corrected chi connectivity index (χ1v) is 14.0. The fourth-order valence-electron chi connectivity index (χ4n) is 5.24. The number of benzene rings is 3. The standard InChI is InChI=1S/C33H37N3O7/c1-41-28-17-22(18-29(42-2)32(28)43-3)12-9-13-23(19-30(37)36-40)33(39)35-27(16-21-10-5-4-6-11-21)31(38)25-20-34-26-15-8-7-14-24(25)26/h4-8,10-11,14-15,17-18,20,23,27,34,40H,9,12-13,16,19H2,1-3H3,(H,35,39)(H,36,37)/t23-,27+/m1/s1. The molecule has 43 heavy (non-hydrogen) atoms. The molecule has 2 amide bonds. The second kappa shape index (κ2) is 14.9. The summed E-state index contributed by atoms with van der Waals surface area (Å²) in [5, 5.41) is 12.9. The monoisotopic (exact) mass is 587 g/mol. The first kappa shape index (κ1) is 31.1. The molecule has 10 nitrogen and oxygen atoms in total. The number of rotatable bonds is 15. The van der Waals surface area contributed by atoms with Crippen LogP contribution in [0.15, 0.2) is 72.9 Å². The molecular formula is C33H37N3O7. The van der Waals surface area contributed by atoms with Gasteiger partial charge in [0.25, 0.3) is 0 Å². The van der Waals surface area contributed by atoms with Crippen LogP contribution in [0.4, 0.5) is 0 Å². The lowest BCUT2D eigenvalue weighted by molar-refractivity contribution is -0.135. The van der Waals surface area contributed by atoms with Gasteiger partial charge in [-0.15, -0.1) is 0 Å². The van der Waals surface area contributed by atoms with Crippen LogP contribution in [0.5, 0.6) is 17.2 Å². The summed E-state index contributed by atoms with van der Waals surface area (Å²) in [7, 11) is 4.61. The zero-order valence-electron chi connectivity index (χ0n) is 24.5. The van der Waals surface area contributed by atoms with Crippen molar-refractivity contribution in [1.29, 1.82) is 0 Å². The summed E-state index contributed by atoms with van der Waals surface area (Å²) >= 11 is 0. The summed E-state index contributed by atoms with van der Waals surface area (Å²) in [4.78, 5) is 42.8. The molecule has 0 bridgehead atoms. The molecule has 0 saturated carbocycles. The van der Waals surface area contributed by atoms with Gasteiger partial charge in [0.2, 0.25) is 17.6 Å². The highest BCUT2D eigenvalue weighted by atomic mass is 16.5. The largest absolute Gasteiger partial charge is 0.493 e. The van der Waals surface area contributed by atoms with Crippen molar-refractivity contribution < 1.29 is 33.8 Å². The van der Waals surface area contributed by atoms with Crippen LogP contribution in [-0.4, -0.2) is 55.2 Å². The SMILES string of the molecule is COc1cc(CCC[C@H](CC(=O)NO)C(=O)N[C@@H](Cc2ccccc2)C(=O)c2c[nH]c3ccccc23)cc(OC)c1OC. The number of carbonyl (C=O) groups excluding carboxylic acids is 3. The molecular weight excluding hydrogens is 550 g/mol. The third-order valence-electron chi connectivity index (χ3n) is 7.44. The zero-order valence-corrected chi connectivity index (χ0v) is 24.5. The number of aryl methyl sites for hydroxylation is 1. The number of Topliss-reactive ketones (excluding diaryl/α,β-unsaturated/α-hetero) is 1. The maximum Gasteiger partial charge on any atom is 0.244 e. The van der Waals surface area contributed by atoms with Gasteiger partial charge in [-0.3, -0.25) is 19.6 Å². The predicted molar refractivity (Wildman–Crippen MR) is 162 cm³/mol. The number of nitrogens with one attached hydrogen (secondary N) is 3. The fourth-order valence-corrected chi connectivity index (χ4v) is 5.24. The number of carbonyl (C=O) groups is 3. The lowest BCUT2D eigenvalue weighted by Gasteiger charge is -2.22. The molecule has 1 heterocycles. The third kappa shape index (κ3) is 7.72. The Balaban J connectivity index is 1.54. The molecule has 0 spiro atoms. The molecule has 10 heteroatoms. The Morgan fingerprint density at radius 2 is 1.56 bits per heavy atom. The molecule has 3 aromatic carbocycles. The van der Waals surface area contributed by atoms with Crippen molar-refractivity contribution in [2.75, 3.05) is 21.3 Å². The van der Waals surface area contributed by atoms with Gasteiger partial charge in [-0.25, -0.2) is 5.48 Å². The van der Waals surface area contributed by atoms with Crippen LogP contribution >= 0.6 is 0 Å².